The number of fused-ring (bicyclic) bond motifs is 1. The highest BCUT2D eigenvalue weighted by atomic mass is 32.1. The van der Waals surface area contributed by atoms with Crippen LogP contribution < -0.4 is 11.1 Å². The van der Waals surface area contributed by atoms with Gasteiger partial charge in [-0.2, -0.15) is 0 Å². The molecule has 0 radical (unpaired) electrons. The number of nitrogens with one attached hydrogen (secondary N) is 1. The van der Waals surface area contributed by atoms with E-state index in [0.29, 0.717) is 16.8 Å². The minimum Gasteiger partial charge on any atom is -0.381 e. The zero-order valence-corrected chi connectivity index (χ0v) is 9.47. The number of aromatic nitrogens is 1. The maximum Gasteiger partial charge on any atom is 0.254 e. The van der Waals surface area contributed by atoms with E-state index >= 15 is 0 Å². The number of hydrogen-bond donors (Lipinski definition) is 2. The standard InChI is InChI=1S/C11H8FN3OS/c12-8-5-4-14-11(16)7(5)9(15-10(8)13)6-2-1-3-17-6/h1-3H,4H2,(H2,13,15)(H,14,16). The molecular weight excluding hydrogens is 241 g/mol. The van der Waals surface area contributed by atoms with Gasteiger partial charge in [-0.25, -0.2) is 9.37 Å². The van der Waals surface area contributed by atoms with Crippen LogP contribution in [-0.2, 0) is 6.54 Å². The number of carbonyl (C=O) groups excluding carboxylic acids is 1. The SMILES string of the molecule is Nc1nc(-c2cccs2)c2c(c1F)CNC2=O. The number of nitrogen functional groups attached to an aromatic ring is 1. The average molecular weight is 249 g/mol. The second-order valence-electron chi connectivity index (χ2n) is 3.67. The number of rotatable bonds is 1. The van der Waals surface area contributed by atoms with Crippen LogP contribution in [-0.4, -0.2) is 10.9 Å². The predicted molar refractivity (Wildman–Crippen MR) is 63.1 cm³/mol. The molecule has 0 aliphatic carbocycles. The molecule has 3 rings (SSSR count). The van der Waals surface area contributed by atoms with Gasteiger partial charge in [-0.15, -0.1) is 11.3 Å². The van der Waals surface area contributed by atoms with Crippen LogP contribution >= 0.6 is 11.3 Å². The Hall–Kier alpha value is -1.95. The van der Waals surface area contributed by atoms with Crippen molar-refractivity contribution in [1.82, 2.24) is 10.3 Å². The third-order valence-electron chi connectivity index (χ3n) is 2.67. The maximum atomic E-state index is 13.7. The molecule has 0 atom stereocenters. The van der Waals surface area contributed by atoms with Crippen molar-refractivity contribution >= 4 is 23.1 Å². The fourth-order valence-corrected chi connectivity index (χ4v) is 2.61. The zero-order chi connectivity index (χ0) is 12.0. The van der Waals surface area contributed by atoms with E-state index in [9.17, 15) is 9.18 Å². The minimum atomic E-state index is -0.598. The summed E-state index contributed by atoms with van der Waals surface area (Å²) in [6, 6.07) is 3.68. The molecule has 1 aliphatic heterocycles. The number of thiophene rings is 1. The first kappa shape index (κ1) is 10.2. The number of hydrogen-bond acceptors (Lipinski definition) is 4. The smallest absolute Gasteiger partial charge is 0.254 e. The number of amides is 1. The van der Waals surface area contributed by atoms with Crippen molar-refractivity contribution in [1.29, 1.82) is 0 Å². The number of halogens is 1. The van der Waals surface area contributed by atoms with Gasteiger partial charge in [0.05, 0.1) is 16.1 Å². The van der Waals surface area contributed by atoms with Crippen LogP contribution in [0.2, 0.25) is 0 Å². The quantitative estimate of drug-likeness (QED) is 0.809. The van der Waals surface area contributed by atoms with E-state index in [0.717, 1.165) is 4.88 Å². The molecule has 4 nitrogen and oxygen atoms in total. The van der Waals surface area contributed by atoms with Crippen LogP contribution in [0.25, 0.3) is 10.6 Å². The molecule has 0 saturated carbocycles. The number of carbonyl (C=O) groups is 1. The summed E-state index contributed by atoms with van der Waals surface area (Å²) in [5, 5.41) is 4.46. The van der Waals surface area contributed by atoms with Gasteiger partial charge < -0.3 is 11.1 Å². The topological polar surface area (TPSA) is 68.0 Å². The predicted octanol–water partition coefficient (Wildman–Crippen LogP) is 1.77. The molecule has 6 heteroatoms. The lowest BCUT2D eigenvalue weighted by Gasteiger charge is -2.06. The average Bonchev–Trinajstić information content (AvgIpc) is 2.93. The highest BCUT2D eigenvalue weighted by molar-refractivity contribution is 7.13. The molecule has 3 heterocycles. The summed E-state index contributed by atoms with van der Waals surface area (Å²) in [4.78, 5) is 16.5. The molecule has 86 valence electrons. The van der Waals surface area contributed by atoms with Gasteiger partial charge in [0, 0.05) is 12.1 Å². The number of nitrogens with two attached hydrogens (primary N) is 1. The fraction of sp³-hybridized carbons (Fsp3) is 0.0909. The van der Waals surface area contributed by atoms with Crippen molar-refractivity contribution in [3.63, 3.8) is 0 Å². The van der Waals surface area contributed by atoms with E-state index < -0.39 is 5.82 Å². The molecule has 0 spiro atoms. The zero-order valence-electron chi connectivity index (χ0n) is 8.66. The lowest BCUT2D eigenvalue weighted by Crippen LogP contribution is -2.13. The van der Waals surface area contributed by atoms with Gasteiger partial charge >= 0.3 is 0 Å². The van der Waals surface area contributed by atoms with Crippen LogP contribution in [0, 0.1) is 5.82 Å². The maximum absolute atomic E-state index is 13.7. The fourth-order valence-electron chi connectivity index (χ4n) is 1.89. The first-order valence-electron chi connectivity index (χ1n) is 4.98. The molecule has 2 aromatic rings. The third-order valence-corrected chi connectivity index (χ3v) is 3.54. The van der Waals surface area contributed by atoms with Gasteiger partial charge in [0.2, 0.25) is 0 Å². The van der Waals surface area contributed by atoms with Crippen molar-refractivity contribution in [3.8, 4) is 10.6 Å². The first-order chi connectivity index (χ1) is 8.18. The van der Waals surface area contributed by atoms with Crippen molar-refractivity contribution < 1.29 is 9.18 Å². The molecule has 1 aliphatic rings. The van der Waals surface area contributed by atoms with Crippen LogP contribution in [0.4, 0.5) is 10.2 Å². The molecule has 0 fully saturated rings. The molecule has 1 amide bonds. The van der Waals surface area contributed by atoms with E-state index in [1.165, 1.54) is 11.3 Å². The lowest BCUT2D eigenvalue weighted by atomic mass is 10.1. The van der Waals surface area contributed by atoms with Gasteiger partial charge in [-0.1, -0.05) is 6.07 Å². The molecule has 0 saturated heterocycles. The van der Waals surface area contributed by atoms with Gasteiger partial charge in [-0.05, 0) is 11.4 Å². The van der Waals surface area contributed by atoms with Crippen molar-refractivity contribution in [2.24, 2.45) is 0 Å². The first-order valence-corrected chi connectivity index (χ1v) is 5.86. The molecule has 0 unspecified atom stereocenters. The Morgan fingerprint density at radius 2 is 2.35 bits per heavy atom. The Morgan fingerprint density at radius 1 is 1.53 bits per heavy atom. The summed E-state index contributed by atoms with van der Waals surface area (Å²) in [5.41, 5.74) is 6.60. The Kier molecular flexibility index (Phi) is 2.12. The molecule has 2 aromatic heterocycles. The van der Waals surface area contributed by atoms with Crippen molar-refractivity contribution in [3.05, 3.63) is 34.5 Å². The van der Waals surface area contributed by atoms with Crippen LogP contribution in [0.1, 0.15) is 15.9 Å². The minimum absolute atomic E-state index is 0.163. The summed E-state index contributed by atoms with van der Waals surface area (Å²) < 4.78 is 13.7. The van der Waals surface area contributed by atoms with E-state index in [4.69, 9.17) is 5.73 Å². The summed E-state index contributed by atoms with van der Waals surface area (Å²) >= 11 is 1.44. The second kappa shape index (κ2) is 3.53. The summed E-state index contributed by atoms with van der Waals surface area (Å²) in [5.74, 6) is -1.06. The van der Waals surface area contributed by atoms with Crippen molar-refractivity contribution in [2.45, 2.75) is 6.54 Å². The van der Waals surface area contributed by atoms with E-state index in [1.54, 1.807) is 0 Å². The molecule has 0 bridgehead atoms. The summed E-state index contributed by atoms with van der Waals surface area (Å²) in [6.07, 6.45) is 0. The largest absolute Gasteiger partial charge is 0.381 e. The summed E-state index contributed by atoms with van der Waals surface area (Å²) in [6.45, 7) is 0.172. The lowest BCUT2D eigenvalue weighted by molar-refractivity contribution is 0.0966. The van der Waals surface area contributed by atoms with Crippen molar-refractivity contribution in [2.75, 3.05) is 5.73 Å². The Labute approximate surface area is 100 Å². The number of anilines is 1. The monoisotopic (exact) mass is 249 g/mol. The normalized spacial score (nSPS) is 13.6. The number of nitrogens with zero attached hydrogens (tertiary/aromatic N) is 1. The Morgan fingerprint density at radius 3 is 3.06 bits per heavy atom. The van der Waals surface area contributed by atoms with Gasteiger partial charge in [0.15, 0.2) is 11.6 Å². The van der Waals surface area contributed by atoms with E-state index in [2.05, 4.69) is 10.3 Å². The molecule has 3 N–H and O–H groups in total. The molecule has 17 heavy (non-hydrogen) atoms. The van der Waals surface area contributed by atoms with E-state index in [1.807, 2.05) is 17.5 Å². The Balaban J connectivity index is 2.33. The van der Waals surface area contributed by atoms with Gasteiger partial charge in [0.1, 0.15) is 0 Å². The molecule has 0 aromatic carbocycles. The van der Waals surface area contributed by atoms with Gasteiger partial charge in [0.25, 0.3) is 5.91 Å². The van der Waals surface area contributed by atoms with Crippen LogP contribution in [0.5, 0.6) is 0 Å². The van der Waals surface area contributed by atoms with Gasteiger partial charge in [-0.3, -0.25) is 4.79 Å². The Bertz CT molecular complexity index is 610. The highest BCUT2D eigenvalue weighted by Gasteiger charge is 2.29. The van der Waals surface area contributed by atoms with Crippen LogP contribution in [0.3, 0.4) is 0 Å². The third kappa shape index (κ3) is 1.41. The number of pyridine rings is 1. The second-order valence-corrected chi connectivity index (χ2v) is 4.62. The summed E-state index contributed by atoms with van der Waals surface area (Å²) in [7, 11) is 0. The highest BCUT2D eigenvalue weighted by Crippen LogP contribution is 2.33. The van der Waals surface area contributed by atoms with E-state index in [-0.39, 0.29) is 18.3 Å². The molecular formula is C11H8FN3OS. The van der Waals surface area contributed by atoms with Crippen LogP contribution in [0.15, 0.2) is 17.5 Å².